The molecule has 1 amide bonds. The van der Waals surface area contributed by atoms with Gasteiger partial charge in [0, 0.05) is 45.0 Å². The second kappa shape index (κ2) is 12.3. The van der Waals surface area contributed by atoms with Crippen LogP contribution in [0.2, 0.25) is 0 Å². The number of nitrogens with one attached hydrogen (secondary N) is 3. The van der Waals surface area contributed by atoms with Gasteiger partial charge < -0.3 is 20.7 Å². The summed E-state index contributed by atoms with van der Waals surface area (Å²) in [5, 5.41) is 9.10. The van der Waals surface area contributed by atoms with Crippen molar-refractivity contribution < 1.29 is 9.53 Å². The molecule has 0 saturated heterocycles. The molecule has 0 aliphatic rings. The summed E-state index contributed by atoms with van der Waals surface area (Å²) in [4.78, 5) is 20.6. The second-order valence-corrected chi connectivity index (χ2v) is 5.20. The van der Waals surface area contributed by atoms with E-state index >= 15 is 0 Å². The minimum absolute atomic E-state index is 0.0761. The number of aliphatic imine (C=N–C) groups is 1. The van der Waals surface area contributed by atoms with E-state index in [1.54, 1.807) is 6.07 Å². The number of aromatic nitrogens is 1. The fraction of sp³-hybridized carbons (Fsp3) is 0.588. The van der Waals surface area contributed by atoms with Crippen molar-refractivity contribution in [2.75, 3.05) is 38.2 Å². The standard InChI is InChI=1S/C17H29N5O2/c1-4-18-17(19-11-7-13-24-5-2)20-12-10-16(23)22-15-9-6-8-14(3)21-15/h6,8-9H,4-5,7,10-13H2,1-3H3,(H2,18,19,20)(H,21,22,23). The summed E-state index contributed by atoms with van der Waals surface area (Å²) in [5.41, 5.74) is 0.875. The monoisotopic (exact) mass is 335 g/mol. The van der Waals surface area contributed by atoms with Crippen LogP contribution in [0.5, 0.6) is 0 Å². The first kappa shape index (κ1) is 19.9. The Balaban J connectivity index is 2.30. The molecule has 0 aliphatic heterocycles. The zero-order valence-electron chi connectivity index (χ0n) is 14.9. The van der Waals surface area contributed by atoms with Crippen molar-refractivity contribution in [1.82, 2.24) is 15.6 Å². The van der Waals surface area contributed by atoms with Crippen LogP contribution in [0.1, 0.15) is 32.4 Å². The number of ether oxygens (including phenoxy) is 1. The van der Waals surface area contributed by atoms with Crippen LogP contribution in [0.4, 0.5) is 5.82 Å². The number of aryl methyl sites for hydroxylation is 1. The average molecular weight is 335 g/mol. The van der Waals surface area contributed by atoms with Gasteiger partial charge in [0.2, 0.25) is 5.91 Å². The SMILES string of the molecule is CCNC(=NCCCOCC)NCCC(=O)Nc1cccc(C)n1. The van der Waals surface area contributed by atoms with Gasteiger partial charge in [-0.2, -0.15) is 0 Å². The predicted octanol–water partition coefficient (Wildman–Crippen LogP) is 1.70. The number of carbonyl (C=O) groups is 1. The lowest BCUT2D eigenvalue weighted by molar-refractivity contribution is -0.116. The van der Waals surface area contributed by atoms with Gasteiger partial charge in [-0.1, -0.05) is 6.07 Å². The van der Waals surface area contributed by atoms with E-state index in [0.29, 0.717) is 31.9 Å². The van der Waals surface area contributed by atoms with Gasteiger partial charge in [-0.15, -0.1) is 0 Å². The van der Waals surface area contributed by atoms with E-state index < -0.39 is 0 Å². The summed E-state index contributed by atoms with van der Waals surface area (Å²) in [6, 6.07) is 5.54. The molecular formula is C17H29N5O2. The van der Waals surface area contributed by atoms with Crippen molar-refractivity contribution in [2.24, 2.45) is 4.99 Å². The van der Waals surface area contributed by atoms with Crippen LogP contribution >= 0.6 is 0 Å². The van der Waals surface area contributed by atoms with Gasteiger partial charge in [0.15, 0.2) is 5.96 Å². The fourth-order valence-electron chi connectivity index (χ4n) is 1.96. The largest absolute Gasteiger partial charge is 0.382 e. The molecule has 0 aromatic carbocycles. The van der Waals surface area contributed by atoms with Crippen LogP contribution < -0.4 is 16.0 Å². The van der Waals surface area contributed by atoms with Crippen LogP contribution in [0.15, 0.2) is 23.2 Å². The van der Waals surface area contributed by atoms with Gasteiger partial charge in [-0.05, 0) is 39.3 Å². The number of amides is 1. The van der Waals surface area contributed by atoms with Crippen molar-refractivity contribution in [3.05, 3.63) is 23.9 Å². The summed E-state index contributed by atoms with van der Waals surface area (Å²) in [7, 11) is 0. The van der Waals surface area contributed by atoms with Gasteiger partial charge in [0.25, 0.3) is 0 Å². The van der Waals surface area contributed by atoms with Crippen molar-refractivity contribution in [2.45, 2.75) is 33.6 Å². The van der Waals surface area contributed by atoms with E-state index in [4.69, 9.17) is 4.74 Å². The van der Waals surface area contributed by atoms with E-state index in [2.05, 4.69) is 25.9 Å². The molecule has 1 heterocycles. The maximum Gasteiger partial charge on any atom is 0.227 e. The molecule has 134 valence electrons. The van der Waals surface area contributed by atoms with Crippen molar-refractivity contribution in [3.63, 3.8) is 0 Å². The highest BCUT2D eigenvalue weighted by Crippen LogP contribution is 2.03. The third-order valence-electron chi connectivity index (χ3n) is 3.07. The Kier molecular flexibility index (Phi) is 10.2. The molecule has 0 radical (unpaired) electrons. The Morgan fingerprint density at radius 1 is 1.29 bits per heavy atom. The Morgan fingerprint density at radius 2 is 2.12 bits per heavy atom. The van der Waals surface area contributed by atoms with Crippen molar-refractivity contribution in [3.8, 4) is 0 Å². The van der Waals surface area contributed by atoms with Gasteiger partial charge in [-0.3, -0.25) is 9.79 Å². The normalized spacial score (nSPS) is 11.2. The van der Waals surface area contributed by atoms with E-state index in [-0.39, 0.29) is 5.91 Å². The number of rotatable bonds is 10. The third-order valence-corrected chi connectivity index (χ3v) is 3.07. The van der Waals surface area contributed by atoms with Crippen LogP contribution in [-0.2, 0) is 9.53 Å². The molecule has 7 heteroatoms. The Bertz CT molecular complexity index is 519. The Hall–Kier alpha value is -2.15. The van der Waals surface area contributed by atoms with E-state index in [1.165, 1.54) is 0 Å². The number of guanidine groups is 1. The van der Waals surface area contributed by atoms with Gasteiger partial charge in [0.1, 0.15) is 5.82 Å². The average Bonchev–Trinajstić information content (AvgIpc) is 2.54. The molecule has 1 aromatic rings. The highest BCUT2D eigenvalue weighted by atomic mass is 16.5. The molecule has 0 aliphatic carbocycles. The Morgan fingerprint density at radius 3 is 2.83 bits per heavy atom. The summed E-state index contributed by atoms with van der Waals surface area (Å²) in [6.45, 7) is 9.29. The molecule has 24 heavy (non-hydrogen) atoms. The highest BCUT2D eigenvalue weighted by Gasteiger charge is 2.04. The number of pyridine rings is 1. The summed E-state index contributed by atoms with van der Waals surface area (Å²) in [5.74, 6) is 1.22. The first-order chi connectivity index (χ1) is 11.7. The smallest absolute Gasteiger partial charge is 0.227 e. The van der Waals surface area contributed by atoms with Crippen LogP contribution in [0, 0.1) is 6.92 Å². The van der Waals surface area contributed by atoms with Gasteiger partial charge in [0.05, 0.1) is 0 Å². The topological polar surface area (TPSA) is 87.6 Å². The van der Waals surface area contributed by atoms with E-state index in [1.807, 2.05) is 32.9 Å². The molecule has 0 saturated carbocycles. The number of anilines is 1. The number of hydrogen-bond donors (Lipinski definition) is 3. The van der Waals surface area contributed by atoms with E-state index in [0.717, 1.165) is 31.2 Å². The number of hydrogen-bond acceptors (Lipinski definition) is 4. The molecule has 0 unspecified atom stereocenters. The highest BCUT2D eigenvalue weighted by molar-refractivity contribution is 5.90. The molecular weight excluding hydrogens is 306 g/mol. The zero-order chi connectivity index (χ0) is 17.6. The summed E-state index contributed by atoms with van der Waals surface area (Å²) in [6.07, 6.45) is 1.23. The number of nitrogens with zero attached hydrogens (tertiary/aromatic N) is 2. The minimum Gasteiger partial charge on any atom is -0.382 e. The zero-order valence-corrected chi connectivity index (χ0v) is 14.9. The van der Waals surface area contributed by atoms with Crippen LogP contribution in [0.25, 0.3) is 0 Å². The van der Waals surface area contributed by atoms with Gasteiger partial charge in [-0.25, -0.2) is 4.98 Å². The third kappa shape index (κ3) is 9.09. The Labute approximate surface area is 144 Å². The van der Waals surface area contributed by atoms with Crippen LogP contribution in [-0.4, -0.2) is 49.7 Å². The molecule has 0 atom stereocenters. The maximum atomic E-state index is 11.9. The van der Waals surface area contributed by atoms with E-state index in [9.17, 15) is 4.79 Å². The van der Waals surface area contributed by atoms with Gasteiger partial charge >= 0.3 is 0 Å². The predicted molar refractivity (Wildman–Crippen MR) is 97.3 cm³/mol. The molecule has 0 fully saturated rings. The lowest BCUT2D eigenvalue weighted by Crippen LogP contribution is -2.38. The molecule has 0 spiro atoms. The fourth-order valence-corrected chi connectivity index (χ4v) is 1.96. The summed E-state index contributed by atoms with van der Waals surface area (Å²) >= 11 is 0. The lowest BCUT2D eigenvalue weighted by Gasteiger charge is -2.11. The second-order valence-electron chi connectivity index (χ2n) is 5.20. The first-order valence-electron chi connectivity index (χ1n) is 8.49. The van der Waals surface area contributed by atoms with Crippen LogP contribution in [0.3, 0.4) is 0 Å². The molecule has 7 nitrogen and oxygen atoms in total. The molecule has 1 aromatic heterocycles. The molecule has 0 bridgehead atoms. The maximum absolute atomic E-state index is 11.9. The van der Waals surface area contributed by atoms with Crippen molar-refractivity contribution >= 4 is 17.7 Å². The molecule has 3 N–H and O–H groups in total. The summed E-state index contributed by atoms with van der Waals surface area (Å²) < 4.78 is 5.28. The van der Waals surface area contributed by atoms with Crippen molar-refractivity contribution in [1.29, 1.82) is 0 Å². The molecule has 1 rings (SSSR count). The number of carbonyl (C=O) groups excluding carboxylic acids is 1. The quantitative estimate of drug-likeness (QED) is 0.344. The first-order valence-corrected chi connectivity index (χ1v) is 8.49. The minimum atomic E-state index is -0.0761. The lowest BCUT2D eigenvalue weighted by atomic mass is 10.3.